The molecular weight excluding hydrogens is 466 g/mol. The average molecular weight is 496 g/mol. The molecule has 0 saturated carbocycles. The Kier molecular flexibility index (Phi) is 7.57. The number of amides is 2. The fraction of sp³-hybridized carbons (Fsp3) is 0.360. The van der Waals surface area contributed by atoms with Crippen LogP contribution < -0.4 is 20.3 Å². The van der Waals surface area contributed by atoms with Crippen molar-refractivity contribution in [3.63, 3.8) is 0 Å². The summed E-state index contributed by atoms with van der Waals surface area (Å²) in [6, 6.07) is 14.5. The predicted octanol–water partition coefficient (Wildman–Crippen LogP) is 1.55. The lowest BCUT2D eigenvalue weighted by molar-refractivity contribution is -0.135. The van der Waals surface area contributed by atoms with E-state index >= 15 is 0 Å². The number of nitrogens with zero attached hydrogens (tertiary/aromatic N) is 4. The summed E-state index contributed by atoms with van der Waals surface area (Å²) in [6.07, 6.45) is -0.900. The molecule has 2 saturated heterocycles. The Morgan fingerprint density at radius 2 is 1.69 bits per heavy atom. The van der Waals surface area contributed by atoms with E-state index in [0.29, 0.717) is 36.6 Å². The molecule has 0 bridgehead atoms. The topological polar surface area (TPSA) is 138 Å². The van der Waals surface area contributed by atoms with E-state index in [1.807, 2.05) is 29.2 Å². The van der Waals surface area contributed by atoms with Crippen molar-refractivity contribution in [1.82, 2.24) is 4.90 Å². The first-order valence-electron chi connectivity index (χ1n) is 11.6. The highest BCUT2D eigenvalue weighted by Gasteiger charge is 2.33. The van der Waals surface area contributed by atoms with Crippen LogP contribution in [0.5, 0.6) is 5.75 Å². The molecule has 2 aromatic rings. The van der Waals surface area contributed by atoms with Crippen molar-refractivity contribution >= 4 is 35.2 Å². The smallest absolute Gasteiger partial charge is 0.414 e. The first kappa shape index (κ1) is 24.8. The van der Waals surface area contributed by atoms with E-state index in [-0.39, 0.29) is 18.3 Å². The first-order chi connectivity index (χ1) is 17.3. The molecule has 0 radical (unpaired) electrons. The largest absolute Gasteiger partial charge is 0.490 e. The minimum atomic E-state index is -1.07. The Labute approximate surface area is 208 Å². The predicted molar refractivity (Wildman–Crippen MR) is 134 cm³/mol. The molecule has 0 spiro atoms. The lowest BCUT2D eigenvalue weighted by atomic mass is 10.2. The highest BCUT2D eigenvalue weighted by molar-refractivity contribution is 5.99. The van der Waals surface area contributed by atoms with Crippen LogP contribution in [0.3, 0.4) is 0 Å². The third-order valence-corrected chi connectivity index (χ3v) is 6.10. The van der Waals surface area contributed by atoms with E-state index in [0.717, 1.165) is 18.8 Å². The van der Waals surface area contributed by atoms with Crippen molar-refractivity contribution in [3.05, 3.63) is 54.1 Å². The van der Waals surface area contributed by atoms with Crippen molar-refractivity contribution in [2.45, 2.75) is 13.0 Å². The number of piperazine rings is 1. The summed E-state index contributed by atoms with van der Waals surface area (Å²) in [5, 5.41) is 8.71. The van der Waals surface area contributed by atoms with Crippen LogP contribution >= 0.6 is 0 Å². The molecule has 11 nitrogen and oxygen atoms in total. The van der Waals surface area contributed by atoms with Gasteiger partial charge in [0.15, 0.2) is 6.10 Å². The van der Waals surface area contributed by atoms with Gasteiger partial charge >= 0.3 is 12.1 Å². The number of carboxylic acids is 1. The summed E-state index contributed by atoms with van der Waals surface area (Å²) >= 11 is 0. The molecule has 190 valence electrons. The number of ether oxygens (including phenoxy) is 2. The lowest BCUT2D eigenvalue weighted by Gasteiger charge is -2.35. The van der Waals surface area contributed by atoms with Crippen molar-refractivity contribution in [2.24, 2.45) is 10.7 Å². The van der Waals surface area contributed by atoms with Gasteiger partial charge in [-0.25, -0.2) is 4.79 Å². The van der Waals surface area contributed by atoms with E-state index < -0.39 is 24.7 Å². The zero-order valence-electron chi connectivity index (χ0n) is 20.0. The van der Waals surface area contributed by atoms with Crippen LogP contribution in [0, 0.1) is 0 Å². The molecule has 2 amide bonds. The van der Waals surface area contributed by atoms with Crippen LogP contribution in [-0.4, -0.2) is 85.8 Å². The van der Waals surface area contributed by atoms with Crippen LogP contribution in [0.2, 0.25) is 0 Å². The van der Waals surface area contributed by atoms with E-state index in [4.69, 9.17) is 20.3 Å². The van der Waals surface area contributed by atoms with Gasteiger partial charge in [0, 0.05) is 50.0 Å². The van der Waals surface area contributed by atoms with Crippen LogP contribution in [-0.2, 0) is 14.3 Å². The number of aliphatic carboxylic acids is 1. The van der Waals surface area contributed by atoms with Crippen molar-refractivity contribution in [1.29, 1.82) is 0 Å². The number of carbonyl (C=O) groups excluding carboxylic acids is 2. The third-order valence-electron chi connectivity index (χ3n) is 6.10. The van der Waals surface area contributed by atoms with Crippen LogP contribution in [0.4, 0.5) is 16.2 Å². The molecule has 2 aliphatic heterocycles. The van der Waals surface area contributed by atoms with Gasteiger partial charge in [0.25, 0.3) is 0 Å². The molecule has 11 heteroatoms. The SMILES string of the molecule is CC(=O)N1CCN(c2ccc(OCC3CN(c4ccc(C(N)=NCC(=O)O)cc4)C(=O)O3)cc2)CC1. The summed E-state index contributed by atoms with van der Waals surface area (Å²) in [4.78, 5) is 43.9. The van der Waals surface area contributed by atoms with Gasteiger partial charge < -0.3 is 30.1 Å². The fourth-order valence-corrected chi connectivity index (χ4v) is 4.10. The zero-order valence-corrected chi connectivity index (χ0v) is 20.0. The summed E-state index contributed by atoms with van der Waals surface area (Å²) in [6.45, 7) is 4.74. The lowest BCUT2D eigenvalue weighted by Crippen LogP contribution is -2.48. The number of carboxylic acid groups (broad SMARTS) is 1. The van der Waals surface area contributed by atoms with E-state index in [1.165, 1.54) is 4.90 Å². The molecule has 2 fully saturated rings. The maximum absolute atomic E-state index is 12.4. The number of amidine groups is 1. The molecule has 2 aliphatic rings. The number of rotatable bonds is 8. The molecule has 36 heavy (non-hydrogen) atoms. The zero-order chi connectivity index (χ0) is 25.7. The number of nitrogens with two attached hydrogens (primary N) is 1. The molecule has 1 unspecified atom stereocenters. The molecule has 2 aromatic carbocycles. The van der Waals surface area contributed by atoms with Crippen LogP contribution in [0.1, 0.15) is 12.5 Å². The molecule has 0 aromatic heterocycles. The third kappa shape index (κ3) is 6.04. The highest BCUT2D eigenvalue weighted by Crippen LogP contribution is 2.24. The van der Waals surface area contributed by atoms with Gasteiger partial charge in [0.05, 0.1) is 6.54 Å². The van der Waals surface area contributed by atoms with Crippen molar-refractivity contribution < 1.29 is 29.0 Å². The molecule has 4 rings (SSSR count). The Morgan fingerprint density at radius 3 is 2.31 bits per heavy atom. The monoisotopic (exact) mass is 495 g/mol. The van der Waals surface area contributed by atoms with E-state index in [1.54, 1.807) is 31.2 Å². The molecular formula is C25H29N5O6. The molecule has 0 aliphatic carbocycles. The second-order valence-corrected chi connectivity index (χ2v) is 8.56. The van der Waals surface area contributed by atoms with Crippen molar-refractivity contribution in [3.8, 4) is 5.75 Å². The van der Waals surface area contributed by atoms with Crippen molar-refractivity contribution in [2.75, 3.05) is 55.7 Å². The Hall–Kier alpha value is -4.28. The second-order valence-electron chi connectivity index (χ2n) is 8.56. The van der Waals surface area contributed by atoms with Gasteiger partial charge in [-0.2, -0.15) is 0 Å². The quantitative estimate of drug-likeness (QED) is 0.416. The number of hydrogen-bond acceptors (Lipinski definition) is 7. The standard InChI is InChI=1S/C25H29N5O6/c1-17(31)28-10-12-29(13-11-28)19-6-8-21(9-7-19)35-16-22-15-30(25(34)36-22)20-4-2-18(3-5-20)24(26)27-14-23(32)33/h2-9,22H,10-16H2,1H3,(H2,26,27)(H,32,33). The maximum atomic E-state index is 12.4. The number of cyclic esters (lactones) is 1. The summed E-state index contributed by atoms with van der Waals surface area (Å²) in [7, 11) is 0. The molecule has 3 N–H and O–H groups in total. The average Bonchev–Trinajstić information content (AvgIpc) is 3.26. The Balaban J connectivity index is 1.27. The van der Waals surface area contributed by atoms with Gasteiger partial charge in [0.2, 0.25) is 5.91 Å². The van der Waals surface area contributed by atoms with Gasteiger partial charge in [-0.15, -0.1) is 0 Å². The summed E-state index contributed by atoms with van der Waals surface area (Å²) in [5.41, 5.74) is 8.07. The van der Waals surface area contributed by atoms with E-state index in [9.17, 15) is 14.4 Å². The molecule has 2 heterocycles. The summed E-state index contributed by atoms with van der Waals surface area (Å²) in [5.74, 6) is -0.170. The minimum absolute atomic E-state index is 0.105. The van der Waals surface area contributed by atoms with Gasteiger partial charge in [-0.05, 0) is 48.5 Å². The number of benzene rings is 2. The Bertz CT molecular complexity index is 1130. The summed E-state index contributed by atoms with van der Waals surface area (Å²) < 4.78 is 11.3. The van der Waals surface area contributed by atoms with E-state index in [2.05, 4.69) is 9.89 Å². The fourth-order valence-electron chi connectivity index (χ4n) is 4.10. The number of hydrogen-bond donors (Lipinski definition) is 2. The first-order valence-corrected chi connectivity index (χ1v) is 11.6. The van der Waals surface area contributed by atoms with Gasteiger partial charge in [-0.3, -0.25) is 19.5 Å². The van der Waals surface area contributed by atoms with Gasteiger partial charge in [0.1, 0.15) is 24.7 Å². The number of carbonyl (C=O) groups is 3. The van der Waals surface area contributed by atoms with Crippen LogP contribution in [0.25, 0.3) is 0 Å². The normalized spacial score (nSPS) is 18.2. The minimum Gasteiger partial charge on any atom is -0.490 e. The van der Waals surface area contributed by atoms with Gasteiger partial charge in [-0.1, -0.05) is 0 Å². The van der Waals surface area contributed by atoms with Crippen LogP contribution in [0.15, 0.2) is 53.5 Å². The second kappa shape index (κ2) is 11.0. The Morgan fingerprint density at radius 1 is 1.06 bits per heavy atom. The molecule has 1 atom stereocenters. The number of anilines is 2. The maximum Gasteiger partial charge on any atom is 0.414 e. The highest BCUT2D eigenvalue weighted by atomic mass is 16.6. The number of aliphatic imine (C=N–C) groups is 1.